The Morgan fingerprint density at radius 1 is 1.04 bits per heavy atom. The fourth-order valence-electron chi connectivity index (χ4n) is 2.07. The molecule has 0 saturated heterocycles. The van der Waals surface area contributed by atoms with Gasteiger partial charge in [-0.2, -0.15) is 0 Å². The molecule has 2 N–H and O–H groups in total. The monoisotopic (exact) mass is 347 g/mol. The SMILES string of the molecule is O=C(CNC(=O)c1ccccc1)NCCCn1cc(Cl)ccc1=O. The first kappa shape index (κ1) is 17.7. The van der Waals surface area contributed by atoms with Gasteiger partial charge in [0.2, 0.25) is 5.91 Å². The number of halogens is 1. The maximum atomic E-state index is 11.8. The maximum Gasteiger partial charge on any atom is 0.251 e. The molecule has 1 heterocycles. The first-order valence-corrected chi connectivity index (χ1v) is 7.90. The lowest BCUT2D eigenvalue weighted by atomic mass is 10.2. The standard InChI is InChI=1S/C17H18ClN3O3/c18-14-7-8-16(23)21(12-14)10-4-9-19-15(22)11-20-17(24)13-5-2-1-3-6-13/h1-3,5-8,12H,4,9-11H2,(H,19,22)(H,20,24). The van der Waals surface area contributed by atoms with E-state index in [1.807, 2.05) is 6.07 Å². The summed E-state index contributed by atoms with van der Waals surface area (Å²) in [7, 11) is 0. The predicted molar refractivity (Wildman–Crippen MR) is 92.1 cm³/mol. The van der Waals surface area contributed by atoms with Crippen LogP contribution in [0.25, 0.3) is 0 Å². The average Bonchev–Trinajstić information content (AvgIpc) is 2.60. The zero-order valence-corrected chi connectivity index (χ0v) is 13.8. The second-order valence-corrected chi connectivity index (χ2v) is 5.57. The fourth-order valence-corrected chi connectivity index (χ4v) is 2.25. The van der Waals surface area contributed by atoms with Crippen molar-refractivity contribution in [2.24, 2.45) is 0 Å². The first-order chi connectivity index (χ1) is 11.6. The number of nitrogens with one attached hydrogen (secondary N) is 2. The molecule has 0 spiro atoms. The van der Waals surface area contributed by atoms with Gasteiger partial charge >= 0.3 is 0 Å². The average molecular weight is 348 g/mol. The number of aryl methyl sites for hydroxylation is 1. The van der Waals surface area contributed by atoms with Gasteiger partial charge in [-0.15, -0.1) is 0 Å². The van der Waals surface area contributed by atoms with Crippen LogP contribution < -0.4 is 16.2 Å². The van der Waals surface area contributed by atoms with E-state index in [0.717, 1.165) is 0 Å². The Morgan fingerprint density at radius 3 is 2.54 bits per heavy atom. The Bertz CT molecular complexity index is 759. The van der Waals surface area contributed by atoms with Gasteiger partial charge in [0.1, 0.15) is 0 Å². The van der Waals surface area contributed by atoms with Crippen molar-refractivity contribution in [2.45, 2.75) is 13.0 Å². The van der Waals surface area contributed by atoms with Crippen molar-refractivity contribution < 1.29 is 9.59 Å². The number of benzene rings is 1. The van der Waals surface area contributed by atoms with Crippen LogP contribution in [0.4, 0.5) is 0 Å². The molecule has 0 unspecified atom stereocenters. The van der Waals surface area contributed by atoms with Crippen molar-refractivity contribution in [1.82, 2.24) is 15.2 Å². The predicted octanol–water partition coefficient (Wildman–Crippen LogP) is 1.44. The minimum Gasteiger partial charge on any atom is -0.355 e. The topological polar surface area (TPSA) is 80.2 Å². The molecule has 0 fully saturated rings. The lowest BCUT2D eigenvalue weighted by Gasteiger charge is -2.08. The first-order valence-electron chi connectivity index (χ1n) is 7.52. The molecule has 0 saturated carbocycles. The van der Waals surface area contributed by atoms with E-state index in [-0.39, 0.29) is 23.9 Å². The van der Waals surface area contributed by atoms with Gasteiger partial charge in [0.15, 0.2) is 0 Å². The van der Waals surface area contributed by atoms with E-state index in [1.54, 1.807) is 30.5 Å². The van der Waals surface area contributed by atoms with Crippen LogP contribution >= 0.6 is 11.6 Å². The van der Waals surface area contributed by atoms with Gasteiger partial charge < -0.3 is 15.2 Å². The van der Waals surface area contributed by atoms with Crippen LogP contribution in [0.15, 0.2) is 53.5 Å². The van der Waals surface area contributed by atoms with Crippen molar-refractivity contribution in [1.29, 1.82) is 0 Å². The van der Waals surface area contributed by atoms with Crippen LogP contribution in [0.1, 0.15) is 16.8 Å². The third kappa shape index (κ3) is 5.55. The van der Waals surface area contributed by atoms with Crippen molar-refractivity contribution in [3.05, 3.63) is 69.6 Å². The number of amides is 2. The number of hydrogen-bond acceptors (Lipinski definition) is 3. The number of pyridine rings is 1. The molecule has 0 bridgehead atoms. The van der Waals surface area contributed by atoms with Gasteiger partial charge in [-0.3, -0.25) is 14.4 Å². The van der Waals surface area contributed by atoms with Crippen molar-refractivity contribution in [3.8, 4) is 0 Å². The maximum absolute atomic E-state index is 11.8. The van der Waals surface area contributed by atoms with Gasteiger partial charge in [0.05, 0.1) is 11.6 Å². The van der Waals surface area contributed by atoms with Crippen molar-refractivity contribution in [2.75, 3.05) is 13.1 Å². The summed E-state index contributed by atoms with van der Waals surface area (Å²) in [6.45, 7) is 0.764. The van der Waals surface area contributed by atoms with E-state index in [2.05, 4.69) is 10.6 Å². The number of carbonyl (C=O) groups is 2. The highest BCUT2D eigenvalue weighted by atomic mass is 35.5. The minimum atomic E-state index is -0.295. The molecule has 0 aliphatic carbocycles. The largest absolute Gasteiger partial charge is 0.355 e. The molecule has 0 aliphatic rings. The molecule has 2 aromatic rings. The van der Waals surface area contributed by atoms with E-state index in [1.165, 1.54) is 16.7 Å². The molecule has 1 aromatic heterocycles. The molecule has 0 atom stereocenters. The Kier molecular flexibility index (Phi) is 6.57. The number of nitrogens with zero attached hydrogens (tertiary/aromatic N) is 1. The summed E-state index contributed by atoms with van der Waals surface area (Å²) in [6, 6.07) is 11.6. The van der Waals surface area contributed by atoms with Crippen LogP contribution in [-0.2, 0) is 11.3 Å². The molecular weight excluding hydrogens is 330 g/mol. The van der Waals surface area contributed by atoms with Crippen molar-refractivity contribution in [3.63, 3.8) is 0 Å². The Hall–Kier alpha value is -2.60. The summed E-state index contributed by atoms with van der Waals surface area (Å²) in [5.74, 6) is -0.575. The minimum absolute atomic E-state index is 0.0924. The van der Waals surface area contributed by atoms with Crippen LogP contribution in [0.5, 0.6) is 0 Å². The lowest BCUT2D eigenvalue weighted by molar-refractivity contribution is -0.120. The van der Waals surface area contributed by atoms with Crippen LogP contribution in [-0.4, -0.2) is 29.5 Å². The van der Waals surface area contributed by atoms with Gasteiger partial charge in [-0.05, 0) is 24.6 Å². The highest BCUT2D eigenvalue weighted by Crippen LogP contribution is 2.03. The summed E-state index contributed by atoms with van der Waals surface area (Å²) in [5.41, 5.74) is 0.367. The normalized spacial score (nSPS) is 10.2. The molecular formula is C17H18ClN3O3. The molecule has 0 aliphatic heterocycles. The highest BCUT2D eigenvalue weighted by Gasteiger charge is 2.07. The third-order valence-electron chi connectivity index (χ3n) is 3.29. The summed E-state index contributed by atoms with van der Waals surface area (Å²) >= 11 is 5.83. The van der Waals surface area contributed by atoms with E-state index < -0.39 is 0 Å². The molecule has 126 valence electrons. The number of hydrogen-bond donors (Lipinski definition) is 2. The molecule has 24 heavy (non-hydrogen) atoms. The Balaban J connectivity index is 1.67. The molecule has 2 rings (SSSR count). The van der Waals surface area contributed by atoms with E-state index in [0.29, 0.717) is 30.1 Å². The van der Waals surface area contributed by atoms with Gasteiger partial charge in [0, 0.05) is 30.9 Å². The van der Waals surface area contributed by atoms with Crippen LogP contribution in [0.3, 0.4) is 0 Å². The van der Waals surface area contributed by atoms with Crippen molar-refractivity contribution >= 4 is 23.4 Å². The number of carbonyl (C=O) groups excluding carboxylic acids is 2. The molecule has 0 radical (unpaired) electrons. The Labute approximate surface area is 144 Å². The lowest BCUT2D eigenvalue weighted by Crippen LogP contribution is -2.37. The second-order valence-electron chi connectivity index (χ2n) is 5.13. The zero-order valence-electron chi connectivity index (χ0n) is 13.0. The summed E-state index contributed by atoms with van der Waals surface area (Å²) in [4.78, 5) is 35.1. The van der Waals surface area contributed by atoms with E-state index in [9.17, 15) is 14.4 Å². The summed E-state index contributed by atoms with van der Waals surface area (Å²) in [5, 5.41) is 5.73. The molecule has 2 amide bonds. The molecule has 6 nitrogen and oxygen atoms in total. The van der Waals surface area contributed by atoms with Crippen LogP contribution in [0.2, 0.25) is 5.02 Å². The quantitative estimate of drug-likeness (QED) is 0.744. The van der Waals surface area contributed by atoms with Gasteiger partial charge in [0.25, 0.3) is 11.5 Å². The van der Waals surface area contributed by atoms with E-state index in [4.69, 9.17) is 11.6 Å². The molecule has 1 aromatic carbocycles. The second kappa shape index (κ2) is 8.88. The Morgan fingerprint density at radius 2 is 1.79 bits per heavy atom. The number of aromatic nitrogens is 1. The smallest absolute Gasteiger partial charge is 0.251 e. The highest BCUT2D eigenvalue weighted by molar-refractivity contribution is 6.30. The fraction of sp³-hybridized carbons (Fsp3) is 0.235. The molecule has 7 heteroatoms. The summed E-state index contributed by atoms with van der Waals surface area (Å²) < 4.78 is 1.49. The zero-order chi connectivity index (χ0) is 17.4. The number of rotatable bonds is 7. The third-order valence-corrected chi connectivity index (χ3v) is 3.51. The van der Waals surface area contributed by atoms with Gasteiger partial charge in [-0.25, -0.2) is 0 Å². The summed E-state index contributed by atoms with van der Waals surface area (Å²) in [6.07, 6.45) is 2.14. The van der Waals surface area contributed by atoms with Crippen LogP contribution in [0, 0.1) is 0 Å². The van der Waals surface area contributed by atoms with E-state index >= 15 is 0 Å². The van der Waals surface area contributed by atoms with Gasteiger partial charge in [-0.1, -0.05) is 29.8 Å².